The Hall–Kier alpha value is -1.20. The van der Waals surface area contributed by atoms with Crippen LogP contribution in [0, 0.1) is 0 Å². The van der Waals surface area contributed by atoms with E-state index in [1.807, 2.05) is 17.5 Å². The van der Waals surface area contributed by atoms with Crippen LogP contribution >= 0.6 is 27.3 Å². The normalized spacial score (nSPS) is 10.2. The van der Waals surface area contributed by atoms with Crippen molar-refractivity contribution in [3.8, 4) is 11.1 Å². The van der Waals surface area contributed by atoms with Gasteiger partial charge in [-0.25, -0.2) is 0 Å². The number of hydrogen-bond acceptors (Lipinski definition) is 3. The van der Waals surface area contributed by atoms with Crippen molar-refractivity contribution in [1.82, 2.24) is 4.98 Å². The number of halogens is 1. The van der Waals surface area contributed by atoms with Crippen molar-refractivity contribution in [2.24, 2.45) is 5.73 Å². The number of thiophene rings is 1. The van der Waals surface area contributed by atoms with Crippen molar-refractivity contribution in [2.45, 2.75) is 0 Å². The Morgan fingerprint density at radius 3 is 2.93 bits per heavy atom. The molecule has 0 saturated heterocycles. The number of amides is 1. The molecule has 76 valence electrons. The summed E-state index contributed by atoms with van der Waals surface area (Å²) in [6, 6.07) is 3.77. The van der Waals surface area contributed by atoms with Crippen molar-refractivity contribution in [3.05, 3.63) is 39.3 Å². The van der Waals surface area contributed by atoms with E-state index in [4.69, 9.17) is 5.73 Å². The summed E-state index contributed by atoms with van der Waals surface area (Å²) in [6.07, 6.45) is 3.40. The summed E-state index contributed by atoms with van der Waals surface area (Å²) in [6.45, 7) is 0. The van der Waals surface area contributed by atoms with E-state index in [1.54, 1.807) is 12.4 Å². The second-order valence-electron chi connectivity index (χ2n) is 2.92. The predicted molar refractivity (Wildman–Crippen MR) is 63.8 cm³/mol. The molecule has 0 spiro atoms. The predicted octanol–water partition coefficient (Wildman–Crippen LogP) is 2.67. The first-order valence-corrected chi connectivity index (χ1v) is 5.84. The zero-order chi connectivity index (χ0) is 10.8. The number of rotatable bonds is 2. The summed E-state index contributed by atoms with van der Waals surface area (Å²) in [7, 11) is 0. The number of carbonyl (C=O) groups is 1. The van der Waals surface area contributed by atoms with Gasteiger partial charge < -0.3 is 5.73 Å². The Kier molecular flexibility index (Phi) is 2.83. The molecule has 0 aliphatic heterocycles. The lowest BCUT2D eigenvalue weighted by Gasteiger charge is -2.00. The molecule has 0 atom stereocenters. The Balaban J connectivity index is 2.54. The Morgan fingerprint density at radius 1 is 1.47 bits per heavy atom. The van der Waals surface area contributed by atoms with Crippen LogP contribution < -0.4 is 5.73 Å². The van der Waals surface area contributed by atoms with Crippen LogP contribution in [0.2, 0.25) is 0 Å². The Labute approximate surface area is 99.1 Å². The molecule has 0 aliphatic carbocycles. The zero-order valence-corrected chi connectivity index (χ0v) is 10.0. The Morgan fingerprint density at radius 2 is 2.27 bits per heavy atom. The highest BCUT2D eigenvalue weighted by molar-refractivity contribution is 9.10. The maximum Gasteiger partial charge on any atom is 0.259 e. The highest BCUT2D eigenvalue weighted by Gasteiger charge is 2.11. The van der Waals surface area contributed by atoms with E-state index >= 15 is 0 Å². The summed E-state index contributed by atoms with van der Waals surface area (Å²) in [5.74, 6) is -0.403. The number of hydrogen-bond donors (Lipinski definition) is 1. The third-order valence-corrected chi connectivity index (χ3v) is 3.27. The van der Waals surface area contributed by atoms with Crippen molar-refractivity contribution in [3.63, 3.8) is 0 Å². The molecule has 15 heavy (non-hydrogen) atoms. The minimum absolute atomic E-state index is 0.403. The maximum absolute atomic E-state index is 11.1. The van der Waals surface area contributed by atoms with Crippen LogP contribution in [0.15, 0.2) is 34.4 Å². The van der Waals surface area contributed by atoms with E-state index in [-0.39, 0.29) is 0 Å². The van der Waals surface area contributed by atoms with Gasteiger partial charge in [0.05, 0.1) is 4.88 Å². The summed E-state index contributed by atoms with van der Waals surface area (Å²) in [5, 5.41) is 1.84. The van der Waals surface area contributed by atoms with Gasteiger partial charge in [0.1, 0.15) is 0 Å². The molecule has 0 fully saturated rings. The fourth-order valence-electron chi connectivity index (χ4n) is 1.29. The van der Waals surface area contributed by atoms with Crippen molar-refractivity contribution >= 4 is 33.2 Å². The Bertz CT molecular complexity index is 510. The molecule has 0 aromatic carbocycles. The maximum atomic E-state index is 11.1. The molecule has 0 aliphatic rings. The summed E-state index contributed by atoms with van der Waals surface area (Å²) in [4.78, 5) is 15.8. The molecule has 5 heteroatoms. The summed E-state index contributed by atoms with van der Waals surface area (Å²) in [5.41, 5.74) is 7.00. The fraction of sp³-hybridized carbons (Fsp3) is 0. The third-order valence-electron chi connectivity index (χ3n) is 1.90. The molecule has 0 unspecified atom stereocenters. The number of carbonyl (C=O) groups excluding carboxylic acids is 1. The third kappa shape index (κ3) is 2.08. The van der Waals surface area contributed by atoms with E-state index in [9.17, 15) is 4.79 Å². The fourth-order valence-corrected chi connectivity index (χ4v) is 2.42. The molecule has 2 rings (SSSR count). The van der Waals surface area contributed by atoms with Crippen LogP contribution in [0.3, 0.4) is 0 Å². The van der Waals surface area contributed by atoms with Crippen LogP contribution in [-0.2, 0) is 0 Å². The first-order valence-electron chi connectivity index (χ1n) is 4.16. The monoisotopic (exact) mass is 282 g/mol. The average molecular weight is 283 g/mol. The highest BCUT2D eigenvalue weighted by Crippen LogP contribution is 2.28. The van der Waals surface area contributed by atoms with Gasteiger partial charge in [-0.1, -0.05) is 0 Å². The largest absolute Gasteiger partial charge is 0.365 e. The minimum atomic E-state index is -0.403. The lowest BCUT2D eigenvalue weighted by Crippen LogP contribution is -2.09. The second kappa shape index (κ2) is 4.12. The smallest absolute Gasteiger partial charge is 0.259 e. The lowest BCUT2D eigenvalue weighted by atomic mass is 10.1. The summed E-state index contributed by atoms with van der Waals surface area (Å²) < 4.78 is 0.877. The van der Waals surface area contributed by atoms with Crippen molar-refractivity contribution in [1.29, 1.82) is 0 Å². The molecular weight excluding hydrogens is 276 g/mol. The minimum Gasteiger partial charge on any atom is -0.365 e. The molecule has 3 nitrogen and oxygen atoms in total. The molecule has 2 aromatic rings. The zero-order valence-electron chi connectivity index (χ0n) is 7.61. The van der Waals surface area contributed by atoms with Gasteiger partial charge in [0.25, 0.3) is 5.91 Å². The van der Waals surface area contributed by atoms with Gasteiger partial charge >= 0.3 is 0 Å². The van der Waals surface area contributed by atoms with Gasteiger partial charge in [-0.05, 0) is 33.4 Å². The molecule has 0 bridgehead atoms. The molecule has 0 radical (unpaired) electrons. The van der Waals surface area contributed by atoms with E-state index in [2.05, 4.69) is 20.9 Å². The van der Waals surface area contributed by atoms with Gasteiger partial charge in [-0.2, -0.15) is 0 Å². The number of nitrogens with zero attached hydrogens (tertiary/aromatic N) is 1. The molecule has 1 amide bonds. The number of nitrogens with two attached hydrogens (primary N) is 1. The molecular formula is C10H7BrN2OS. The SMILES string of the molecule is NC(=O)c1sccc1-c1cncc(Br)c1. The summed E-state index contributed by atoms with van der Waals surface area (Å²) >= 11 is 4.67. The molecule has 2 aromatic heterocycles. The van der Waals surface area contributed by atoms with Gasteiger partial charge in [0.15, 0.2) is 0 Å². The van der Waals surface area contributed by atoms with E-state index in [0.717, 1.165) is 15.6 Å². The first kappa shape index (κ1) is 10.3. The number of pyridine rings is 1. The van der Waals surface area contributed by atoms with Crippen molar-refractivity contribution < 1.29 is 4.79 Å². The highest BCUT2D eigenvalue weighted by atomic mass is 79.9. The quantitative estimate of drug-likeness (QED) is 0.921. The van der Waals surface area contributed by atoms with Gasteiger partial charge in [0, 0.05) is 28.0 Å². The van der Waals surface area contributed by atoms with E-state index in [1.165, 1.54) is 11.3 Å². The van der Waals surface area contributed by atoms with Gasteiger partial charge in [-0.3, -0.25) is 9.78 Å². The average Bonchev–Trinajstić information content (AvgIpc) is 2.65. The first-order chi connectivity index (χ1) is 7.18. The lowest BCUT2D eigenvalue weighted by molar-refractivity contribution is 0.100. The number of primary amides is 1. The van der Waals surface area contributed by atoms with E-state index < -0.39 is 5.91 Å². The molecule has 2 heterocycles. The van der Waals surface area contributed by atoms with Gasteiger partial charge in [0.2, 0.25) is 0 Å². The molecule has 2 N–H and O–H groups in total. The van der Waals surface area contributed by atoms with Crippen LogP contribution in [0.25, 0.3) is 11.1 Å². The van der Waals surface area contributed by atoms with Crippen molar-refractivity contribution in [2.75, 3.05) is 0 Å². The van der Waals surface area contributed by atoms with E-state index in [0.29, 0.717) is 4.88 Å². The van der Waals surface area contributed by atoms with Gasteiger partial charge in [-0.15, -0.1) is 11.3 Å². The number of aromatic nitrogens is 1. The van der Waals surface area contributed by atoms with Crippen LogP contribution in [0.5, 0.6) is 0 Å². The molecule has 0 saturated carbocycles. The standard InChI is InChI=1S/C10H7BrN2OS/c11-7-3-6(4-13-5-7)8-1-2-15-9(8)10(12)14/h1-5H,(H2,12,14). The topological polar surface area (TPSA) is 56.0 Å². The second-order valence-corrected chi connectivity index (χ2v) is 4.75. The van der Waals surface area contributed by atoms with Crippen LogP contribution in [0.4, 0.5) is 0 Å². The van der Waals surface area contributed by atoms with Crippen LogP contribution in [-0.4, -0.2) is 10.9 Å². The van der Waals surface area contributed by atoms with Crippen LogP contribution in [0.1, 0.15) is 9.67 Å².